The van der Waals surface area contributed by atoms with E-state index in [9.17, 15) is 4.79 Å². The minimum absolute atomic E-state index is 0.0860. The van der Waals surface area contributed by atoms with Gasteiger partial charge in [0.05, 0.1) is 24.1 Å². The summed E-state index contributed by atoms with van der Waals surface area (Å²) >= 11 is 0. The highest BCUT2D eigenvalue weighted by atomic mass is 16.2. The fourth-order valence-corrected chi connectivity index (χ4v) is 2.36. The summed E-state index contributed by atoms with van der Waals surface area (Å²) in [6.07, 6.45) is 4.02. The lowest BCUT2D eigenvalue weighted by atomic mass is 10.3. The van der Waals surface area contributed by atoms with Gasteiger partial charge in [0.15, 0.2) is 0 Å². The Bertz CT molecular complexity index is 822. The van der Waals surface area contributed by atoms with Gasteiger partial charge in [-0.1, -0.05) is 23.4 Å². The molecule has 0 atom stereocenters. The van der Waals surface area contributed by atoms with Gasteiger partial charge in [-0.15, -0.1) is 5.10 Å². The third-order valence-electron chi connectivity index (χ3n) is 3.77. The Morgan fingerprint density at radius 3 is 2.76 bits per heavy atom. The molecule has 130 valence electrons. The lowest BCUT2D eigenvalue weighted by molar-refractivity contribution is -0.128. The van der Waals surface area contributed by atoms with Crippen LogP contribution in [0, 0.1) is 0 Å². The molecule has 3 aromatic rings. The molecule has 0 radical (unpaired) electrons. The SMILES string of the molecule is CN(C)C(=O)CCn1ccc(NCc2cnnn2-c2ccccc2)n1. The molecule has 3 rings (SSSR count). The normalized spacial score (nSPS) is 10.6. The molecule has 0 fully saturated rings. The van der Waals surface area contributed by atoms with Gasteiger partial charge in [0.1, 0.15) is 5.82 Å². The zero-order valence-electron chi connectivity index (χ0n) is 14.3. The molecule has 25 heavy (non-hydrogen) atoms. The van der Waals surface area contributed by atoms with Crippen LogP contribution < -0.4 is 5.32 Å². The number of hydrogen-bond acceptors (Lipinski definition) is 5. The first-order valence-corrected chi connectivity index (χ1v) is 8.06. The summed E-state index contributed by atoms with van der Waals surface area (Å²) in [6.45, 7) is 1.11. The Morgan fingerprint density at radius 2 is 2.00 bits per heavy atom. The van der Waals surface area contributed by atoms with Crippen molar-refractivity contribution in [2.75, 3.05) is 19.4 Å². The van der Waals surface area contributed by atoms with Crippen LogP contribution in [0.3, 0.4) is 0 Å². The van der Waals surface area contributed by atoms with E-state index in [1.807, 2.05) is 42.6 Å². The Hall–Kier alpha value is -3.16. The molecule has 2 aromatic heterocycles. The molecule has 0 aliphatic heterocycles. The molecule has 0 aliphatic rings. The molecular formula is C17H21N7O. The average Bonchev–Trinajstić information content (AvgIpc) is 3.27. The maximum absolute atomic E-state index is 11.6. The van der Waals surface area contributed by atoms with Gasteiger partial charge in [0.2, 0.25) is 5.91 Å². The smallest absolute Gasteiger partial charge is 0.223 e. The number of rotatable bonds is 7. The predicted octanol–water partition coefficient (Wildman–Crippen LogP) is 1.55. The Balaban J connectivity index is 1.58. The number of anilines is 1. The Kier molecular flexibility index (Phi) is 5.08. The summed E-state index contributed by atoms with van der Waals surface area (Å²) in [7, 11) is 3.50. The number of carbonyl (C=O) groups is 1. The van der Waals surface area contributed by atoms with Crippen LogP contribution in [0.25, 0.3) is 5.69 Å². The van der Waals surface area contributed by atoms with Crippen molar-refractivity contribution in [1.82, 2.24) is 29.7 Å². The van der Waals surface area contributed by atoms with Crippen LogP contribution in [-0.4, -0.2) is 49.7 Å². The van der Waals surface area contributed by atoms with E-state index in [1.54, 1.807) is 34.6 Å². The van der Waals surface area contributed by atoms with E-state index in [2.05, 4.69) is 20.7 Å². The number of hydrogen-bond donors (Lipinski definition) is 1. The second-order valence-corrected chi connectivity index (χ2v) is 5.83. The maximum Gasteiger partial charge on any atom is 0.223 e. The molecule has 0 spiro atoms. The lowest BCUT2D eigenvalue weighted by Gasteiger charge is -2.09. The van der Waals surface area contributed by atoms with Crippen molar-refractivity contribution in [2.45, 2.75) is 19.5 Å². The van der Waals surface area contributed by atoms with E-state index in [0.717, 1.165) is 17.2 Å². The van der Waals surface area contributed by atoms with Crippen molar-refractivity contribution in [3.05, 3.63) is 54.5 Å². The fourth-order valence-electron chi connectivity index (χ4n) is 2.36. The van der Waals surface area contributed by atoms with Crippen LogP contribution in [0.2, 0.25) is 0 Å². The maximum atomic E-state index is 11.6. The summed E-state index contributed by atoms with van der Waals surface area (Å²) in [5, 5.41) is 15.8. The summed E-state index contributed by atoms with van der Waals surface area (Å²) in [4.78, 5) is 13.2. The molecule has 1 aromatic carbocycles. The standard InChI is InChI=1S/C17H21N7O/c1-22(2)17(25)9-11-23-10-8-16(20-23)18-12-15-13-19-21-24(15)14-6-4-3-5-7-14/h3-8,10,13H,9,11-12H2,1-2H3,(H,18,20). The molecule has 0 saturated heterocycles. The minimum Gasteiger partial charge on any atom is -0.363 e. The van der Waals surface area contributed by atoms with Crippen LogP contribution in [0.1, 0.15) is 12.1 Å². The van der Waals surface area contributed by atoms with Crippen LogP contribution >= 0.6 is 0 Å². The second kappa shape index (κ2) is 7.61. The third kappa shape index (κ3) is 4.23. The van der Waals surface area contributed by atoms with Gasteiger partial charge in [0.25, 0.3) is 0 Å². The number of nitrogens with one attached hydrogen (secondary N) is 1. The van der Waals surface area contributed by atoms with Crippen molar-refractivity contribution in [1.29, 1.82) is 0 Å². The number of aryl methyl sites for hydroxylation is 1. The van der Waals surface area contributed by atoms with Crippen molar-refractivity contribution in [3.8, 4) is 5.69 Å². The summed E-state index contributed by atoms with van der Waals surface area (Å²) in [5.74, 6) is 0.834. The molecule has 8 nitrogen and oxygen atoms in total. The minimum atomic E-state index is 0.0860. The molecule has 1 amide bonds. The third-order valence-corrected chi connectivity index (χ3v) is 3.77. The van der Waals surface area contributed by atoms with Crippen LogP contribution in [0.5, 0.6) is 0 Å². The van der Waals surface area contributed by atoms with Crippen molar-refractivity contribution in [3.63, 3.8) is 0 Å². The highest BCUT2D eigenvalue weighted by Gasteiger charge is 2.08. The monoisotopic (exact) mass is 339 g/mol. The first-order valence-electron chi connectivity index (χ1n) is 8.06. The van der Waals surface area contributed by atoms with Gasteiger partial charge < -0.3 is 10.2 Å². The van der Waals surface area contributed by atoms with Crippen molar-refractivity contribution < 1.29 is 4.79 Å². The summed E-state index contributed by atoms with van der Waals surface area (Å²) in [5.41, 5.74) is 1.90. The van der Waals surface area contributed by atoms with E-state index in [0.29, 0.717) is 19.5 Å². The number of nitrogens with zero attached hydrogens (tertiary/aromatic N) is 6. The van der Waals surface area contributed by atoms with Crippen LogP contribution in [0.4, 0.5) is 5.82 Å². The van der Waals surface area contributed by atoms with E-state index in [4.69, 9.17) is 0 Å². The highest BCUT2D eigenvalue weighted by Crippen LogP contribution is 2.11. The number of carbonyl (C=O) groups excluding carboxylic acids is 1. The van der Waals surface area contributed by atoms with Gasteiger partial charge in [-0.25, -0.2) is 4.68 Å². The first kappa shape index (κ1) is 16.7. The molecule has 8 heteroatoms. The number of aromatic nitrogens is 5. The lowest BCUT2D eigenvalue weighted by Crippen LogP contribution is -2.23. The van der Waals surface area contributed by atoms with Gasteiger partial charge in [-0.2, -0.15) is 5.10 Å². The predicted molar refractivity (Wildman–Crippen MR) is 94.2 cm³/mol. The molecule has 2 heterocycles. The van der Waals surface area contributed by atoms with Gasteiger partial charge >= 0.3 is 0 Å². The highest BCUT2D eigenvalue weighted by molar-refractivity contribution is 5.75. The van der Waals surface area contributed by atoms with Crippen LogP contribution in [-0.2, 0) is 17.9 Å². The first-order chi connectivity index (χ1) is 12.1. The zero-order valence-corrected chi connectivity index (χ0v) is 14.3. The molecular weight excluding hydrogens is 318 g/mol. The van der Waals surface area contributed by atoms with Crippen molar-refractivity contribution >= 4 is 11.7 Å². The van der Waals surface area contributed by atoms with E-state index in [1.165, 1.54) is 0 Å². The Labute approximate surface area is 146 Å². The Morgan fingerprint density at radius 1 is 1.20 bits per heavy atom. The quantitative estimate of drug-likeness (QED) is 0.706. The number of amides is 1. The number of para-hydroxylation sites is 1. The van der Waals surface area contributed by atoms with Gasteiger partial charge in [-0.05, 0) is 12.1 Å². The van der Waals surface area contributed by atoms with Crippen molar-refractivity contribution in [2.24, 2.45) is 0 Å². The fraction of sp³-hybridized carbons (Fsp3) is 0.294. The molecule has 0 bridgehead atoms. The van der Waals surface area contributed by atoms with E-state index < -0.39 is 0 Å². The molecule has 0 unspecified atom stereocenters. The molecule has 0 saturated carbocycles. The molecule has 1 N–H and O–H groups in total. The van der Waals surface area contributed by atoms with Gasteiger partial charge in [-0.3, -0.25) is 9.48 Å². The summed E-state index contributed by atoms with van der Waals surface area (Å²) in [6, 6.07) is 11.7. The van der Waals surface area contributed by atoms with E-state index in [-0.39, 0.29) is 5.91 Å². The largest absolute Gasteiger partial charge is 0.363 e. The van der Waals surface area contributed by atoms with Gasteiger partial charge in [0, 0.05) is 39.3 Å². The topological polar surface area (TPSA) is 80.9 Å². The summed E-state index contributed by atoms with van der Waals surface area (Å²) < 4.78 is 3.55. The second-order valence-electron chi connectivity index (χ2n) is 5.83. The van der Waals surface area contributed by atoms with Crippen LogP contribution in [0.15, 0.2) is 48.8 Å². The van der Waals surface area contributed by atoms with E-state index >= 15 is 0 Å². The molecule has 0 aliphatic carbocycles. The number of benzene rings is 1. The zero-order chi connectivity index (χ0) is 17.6. The average molecular weight is 339 g/mol.